The van der Waals surface area contributed by atoms with Gasteiger partial charge in [0.05, 0.1) is 16.7 Å². The molecule has 0 atom stereocenters. The first-order valence-electron chi connectivity index (χ1n) is 22.0. The quantitative estimate of drug-likeness (QED) is 0.139. The van der Waals surface area contributed by atoms with Crippen molar-refractivity contribution < 1.29 is 0 Å². The zero-order valence-electron chi connectivity index (χ0n) is 35.1. The maximum absolute atomic E-state index is 2.45. The molecule has 0 spiro atoms. The first-order valence-corrected chi connectivity index (χ1v) is 22.0. The Morgan fingerprint density at radius 3 is 1.45 bits per heavy atom. The summed E-state index contributed by atoms with van der Waals surface area (Å²) in [6, 6.07) is 92.8. The van der Waals surface area contributed by atoms with Gasteiger partial charge < -0.3 is 9.47 Å². The molecule has 0 aliphatic rings. The van der Waals surface area contributed by atoms with E-state index in [1.165, 1.54) is 76.7 Å². The van der Waals surface area contributed by atoms with Crippen LogP contribution in [0.25, 0.3) is 93.5 Å². The molecule has 0 aliphatic heterocycles. The van der Waals surface area contributed by atoms with E-state index in [2.05, 4.69) is 264 Å². The molecule has 11 aromatic carbocycles. The Balaban J connectivity index is 1.11. The molecule has 0 saturated heterocycles. The fourth-order valence-corrected chi connectivity index (χ4v) is 9.90. The van der Waals surface area contributed by atoms with Crippen LogP contribution in [0.1, 0.15) is 0 Å². The minimum Gasteiger partial charge on any atom is -0.310 e. The number of rotatable bonds is 8. The van der Waals surface area contributed by atoms with Crippen LogP contribution in [0.2, 0.25) is 0 Å². The molecule has 2 heteroatoms. The van der Waals surface area contributed by atoms with Gasteiger partial charge in [-0.2, -0.15) is 0 Å². The van der Waals surface area contributed by atoms with Gasteiger partial charge in [0.15, 0.2) is 0 Å². The van der Waals surface area contributed by atoms with Gasteiger partial charge in [0, 0.05) is 33.4 Å². The molecule has 0 amide bonds. The first-order chi connectivity index (χ1) is 31.8. The van der Waals surface area contributed by atoms with Crippen LogP contribution in [0, 0.1) is 0 Å². The van der Waals surface area contributed by atoms with Gasteiger partial charge in [-0.3, -0.25) is 0 Å². The minimum absolute atomic E-state index is 1.08. The van der Waals surface area contributed by atoms with E-state index in [0.717, 1.165) is 33.9 Å². The Labute approximate surface area is 373 Å². The molecule has 1 heterocycles. The van der Waals surface area contributed by atoms with Gasteiger partial charge >= 0.3 is 0 Å². The van der Waals surface area contributed by atoms with Crippen LogP contribution in [-0.2, 0) is 0 Å². The van der Waals surface area contributed by atoms with Gasteiger partial charge in [-0.05, 0) is 121 Å². The molecule has 0 fully saturated rings. The molecule has 12 rings (SSSR count). The topological polar surface area (TPSA) is 8.17 Å². The van der Waals surface area contributed by atoms with Crippen molar-refractivity contribution in [1.82, 2.24) is 4.57 Å². The van der Waals surface area contributed by atoms with Crippen molar-refractivity contribution >= 4 is 60.4 Å². The van der Waals surface area contributed by atoms with E-state index in [0.29, 0.717) is 0 Å². The molecular formula is C62H42N2. The van der Waals surface area contributed by atoms with Crippen molar-refractivity contribution in [2.45, 2.75) is 0 Å². The highest BCUT2D eigenvalue weighted by atomic mass is 15.1. The standard InChI is InChI=1S/C62H42N2/c1-5-19-43(20-6-1)44-33-36-49(37-34-44)63(58-31-17-15-27-51(58)47-35-40-60-56(41-47)54-29-16-18-32-59(54)64(60)48-25-11-4-12-26-48)50-38-39-53-52-28-13-14-30-55(52)61(45-21-7-2-8-22-45)62(57(53)42-50)46-23-9-3-10-24-46/h1-42H. The maximum atomic E-state index is 2.45. The Hall–Kier alpha value is -8.46. The number of benzene rings is 11. The Morgan fingerprint density at radius 1 is 0.266 bits per heavy atom. The summed E-state index contributed by atoms with van der Waals surface area (Å²) in [5, 5.41) is 7.38. The number of fused-ring (bicyclic) bond motifs is 6. The molecule has 12 aromatic rings. The number of anilines is 3. The lowest BCUT2D eigenvalue weighted by Gasteiger charge is -2.29. The van der Waals surface area contributed by atoms with Gasteiger partial charge in [-0.15, -0.1) is 0 Å². The summed E-state index contributed by atoms with van der Waals surface area (Å²) in [4.78, 5) is 2.45. The third-order valence-electron chi connectivity index (χ3n) is 12.8. The van der Waals surface area contributed by atoms with Crippen LogP contribution in [0.5, 0.6) is 0 Å². The maximum Gasteiger partial charge on any atom is 0.0541 e. The SMILES string of the molecule is c1ccc(-c2ccc(N(c3ccc4c(c3)c(-c3ccccc3)c(-c3ccccc3)c3ccccc34)c3ccccc3-c3ccc4c(c3)c3ccccc3n4-c3ccccc3)cc2)cc1. The average molecular weight is 815 g/mol. The van der Waals surface area contributed by atoms with E-state index in [9.17, 15) is 0 Å². The van der Waals surface area contributed by atoms with Crippen molar-refractivity contribution in [3.8, 4) is 50.2 Å². The predicted octanol–water partition coefficient (Wildman–Crippen LogP) is 17.2. The molecular weight excluding hydrogens is 773 g/mol. The van der Waals surface area contributed by atoms with Gasteiger partial charge in [-0.1, -0.05) is 194 Å². The summed E-state index contributed by atoms with van der Waals surface area (Å²) in [6.45, 7) is 0. The van der Waals surface area contributed by atoms with Crippen LogP contribution in [-0.4, -0.2) is 4.57 Å². The average Bonchev–Trinajstić information content (AvgIpc) is 3.71. The zero-order chi connectivity index (χ0) is 42.4. The van der Waals surface area contributed by atoms with E-state index in [1.807, 2.05) is 0 Å². The Morgan fingerprint density at radius 2 is 0.750 bits per heavy atom. The highest BCUT2D eigenvalue weighted by Crippen LogP contribution is 2.48. The summed E-state index contributed by atoms with van der Waals surface area (Å²) in [5.41, 5.74) is 16.4. The van der Waals surface area contributed by atoms with E-state index >= 15 is 0 Å². The van der Waals surface area contributed by atoms with E-state index in [-0.39, 0.29) is 0 Å². The fourth-order valence-electron chi connectivity index (χ4n) is 9.90. The molecule has 0 bridgehead atoms. The zero-order valence-corrected chi connectivity index (χ0v) is 35.1. The largest absolute Gasteiger partial charge is 0.310 e. The third kappa shape index (κ3) is 6.35. The second-order valence-corrected chi connectivity index (χ2v) is 16.4. The normalized spacial score (nSPS) is 11.4. The number of aromatic nitrogens is 1. The number of nitrogens with zero attached hydrogens (tertiary/aromatic N) is 2. The van der Waals surface area contributed by atoms with Crippen molar-refractivity contribution in [3.05, 3.63) is 255 Å². The van der Waals surface area contributed by atoms with Crippen molar-refractivity contribution in [3.63, 3.8) is 0 Å². The molecule has 1 aromatic heterocycles. The Kier molecular flexibility index (Phi) is 9.20. The number of hydrogen-bond acceptors (Lipinski definition) is 1. The molecule has 0 radical (unpaired) electrons. The van der Waals surface area contributed by atoms with E-state index < -0.39 is 0 Å². The fraction of sp³-hybridized carbons (Fsp3) is 0. The monoisotopic (exact) mass is 814 g/mol. The van der Waals surface area contributed by atoms with E-state index in [1.54, 1.807) is 0 Å². The lowest BCUT2D eigenvalue weighted by molar-refractivity contribution is 1.18. The predicted molar refractivity (Wildman–Crippen MR) is 272 cm³/mol. The van der Waals surface area contributed by atoms with Crippen LogP contribution in [0.15, 0.2) is 255 Å². The summed E-state index contributed by atoms with van der Waals surface area (Å²) >= 11 is 0. The lowest BCUT2D eigenvalue weighted by atomic mass is 9.85. The van der Waals surface area contributed by atoms with E-state index in [4.69, 9.17) is 0 Å². The molecule has 300 valence electrons. The second-order valence-electron chi connectivity index (χ2n) is 16.4. The highest BCUT2D eigenvalue weighted by Gasteiger charge is 2.23. The van der Waals surface area contributed by atoms with Crippen LogP contribution in [0.4, 0.5) is 17.1 Å². The highest BCUT2D eigenvalue weighted by molar-refractivity contribution is 6.22. The summed E-state index contributed by atoms with van der Waals surface area (Å²) in [5.74, 6) is 0. The molecule has 0 aliphatic carbocycles. The van der Waals surface area contributed by atoms with Crippen molar-refractivity contribution in [1.29, 1.82) is 0 Å². The molecule has 64 heavy (non-hydrogen) atoms. The van der Waals surface area contributed by atoms with Crippen LogP contribution >= 0.6 is 0 Å². The first kappa shape index (κ1) is 37.3. The summed E-state index contributed by atoms with van der Waals surface area (Å²) < 4.78 is 2.38. The number of para-hydroxylation sites is 3. The van der Waals surface area contributed by atoms with Gasteiger partial charge in [0.1, 0.15) is 0 Å². The van der Waals surface area contributed by atoms with Crippen molar-refractivity contribution in [2.75, 3.05) is 4.90 Å². The Bertz CT molecular complexity index is 3630. The number of hydrogen-bond donors (Lipinski definition) is 0. The molecule has 0 saturated carbocycles. The van der Waals surface area contributed by atoms with Crippen molar-refractivity contribution in [2.24, 2.45) is 0 Å². The summed E-state index contributed by atoms with van der Waals surface area (Å²) in [6.07, 6.45) is 0. The molecule has 0 N–H and O–H groups in total. The third-order valence-corrected chi connectivity index (χ3v) is 12.8. The van der Waals surface area contributed by atoms with Gasteiger partial charge in [0.2, 0.25) is 0 Å². The smallest absolute Gasteiger partial charge is 0.0541 e. The van der Waals surface area contributed by atoms with Crippen LogP contribution < -0.4 is 4.90 Å². The minimum atomic E-state index is 1.08. The molecule has 2 nitrogen and oxygen atoms in total. The summed E-state index contributed by atoms with van der Waals surface area (Å²) in [7, 11) is 0. The van der Waals surface area contributed by atoms with Crippen LogP contribution in [0.3, 0.4) is 0 Å². The van der Waals surface area contributed by atoms with Gasteiger partial charge in [0.25, 0.3) is 0 Å². The molecule has 0 unspecified atom stereocenters. The van der Waals surface area contributed by atoms with Gasteiger partial charge in [-0.25, -0.2) is 0 Å². The second kappa shape index (κ2) is 15.8. The lowest BCUT2D eigenvalue weighted by Crippen LogP contribution is -2.11.